The lowest BCUT2D eigenvalue weighted by molar-refractivity contribution is -0.146. The van der Waals surface area contributed by atoms with Gasteiger partial charge in [0.25, 0.3) is 0 Å². The standard InChI is InChI=1S/C27H46N6O5/c1-7-31-14-12-21-22(13-15-31)29-23(18-28-21)30-25(34)33(19-24(36-8-2)37-9-3)20-10-16-32(17-11-20)26(35)38-27(4,5)6/h18,20,24H,7-17,19H2,1-6H3,(H,29,30,34). The molecule has 0 bridgehead atoms. The Labute approximate surface area is 227 Å². The lowest BCUT2D eigenvalue weighted by Gasteiger charge is -2.39. The second kappa shape index (κ2) is 14.0. The fourth-order valence-electron chi connectivity index (χ4n) is 4.83. The van der Waals surface area contributed by atoms with E-state index in [1.165, 1.54) is 0 Å². The number of ether oxygens (including phenoxy) is 3. The van der Waals surface area contributed by atoms with E-state index in [-0.39, 0.29) is 24.7 Å². The number of hydrogen-bond acceptors (Lipinski definition) is 8. The Hall–Kier alpha value is -2.50. The zero-order valence-electron chi connectivity index (χ0n) is 24.0. The summed E-state index contributed by atoms with van der Waals surface area (Å²) in [6, 6.07) is -0.368. The minimum atomic E-state index is -0.550. The Morgan fingerprint density at radius 2 is 1.68 bits per heavy atom. The molecule has 11 heteroatoms. The number of likely N-dealkylation sites (tertiary alicyclic amines) is 1. The summed E-state index contributed by atoms with van der Waals surface area (Å²) >= 11 is 0. The largest absolute Gasteiger partial charge is 0.444 e. The first-order valence-corrected chi connectivity index (χ1v) is 14.0. The van der Waals surface area contributed by atoms with E-state index in [0.717, 1.165) is 43.9 Å². The van der Waals surface area contributed by atoms with Gasteiger partial charge in [0.2, 0.25) is 0 Å². The van der Waals surface area contributed by atoms with Crippen LogP contribution in [-0.2, 0) is 27.1 Å². The number of fused-ring (bicyclic) bond motifs is 1. The topological polar surface area (TPSA) is 109 Å². The minimum Gasteiger partial charge on any atom is -0.444 e. The van der Waals surface area contributed by atoms with E-state index in [4.69, 9.17) is 19.2 Å². The number of aromatic nitrogens is 2. The van der Waals surface area contributed by atoms with Crippen molar-refractivity contribution >= 4 is 17.9 Å². The van der Waals surface area contributed by atoms with Gasteiger partial charge >= 0.3 is 12.1 Å². The minimum absolute atomic E-state index is 0.0935. The van der Waals surface area contributed by atoms with E-state index in [1.807, 2.05) is 34.6 Å². The van der Waals surface area contributed by atoms with Gasteiger partial charge in [0.15, 0.2) is 12.1 Å². The van der Waals surface area contributed by atoms with Gasteiger partial charge in [0.1, 0.15) is 5.60 Å². The molecule has 0 saturated carbocycles. The second-order valence-electron chi connectivity index (χ2n) is 10.7. The predicted molar refractivity (Wildman–Crippen MR) is 145 cm³/mol. The number of piperidine rings is 1. The molecule has 3 rings (SSSR count). The number of urea groups is 1. The molecule has 1 N–H and O–H groups in total. The third-order valence-corrected chi connectivity index (χ3v) is 6.81. The number of anilines is 1. The van der Waals surface area contributed by atoms with Gasteiger partial charge in [-0.2, -0.15) is 0 Å². The van der Waals surface area contributed by atoms with E-state index in [2.05, 4.69) is 22.1 Å². The molecule has 0 aromatic carbocycles. The number of nitrogens with zero attached hydrogens (tertiary/aromatic N) is 5. The molecule has 1 aromatic heterocycles. The average Bonchev–Trinajstić information content (AvgIpc) is 3.08. The number of likely N-dealkylation sites (N-methyl/N-ethyl adjacent to an activating group) is 1. The second-order valence-corrected chi connectivity index (χ2v) is 10.7. The molecule has 0 atom stereocenters. The maximum atomic E-state index is 13.6. The van der Waals surface area contributed by atoms with Crippen molar-refractivity contribution in [3.05, 3.63) is 17.6 Å². The molecule has 2 aliphatic rings. The molecule has 214 valence electrons. The molecule has 2 aliphatic heterocycles. The van der Waals surface area contributed by atoms with Gasteiger partial charge in [-0.15, -0.1) is 0 Å². The Morgan fingerprint density at radius 1 is 1.05 bits per heavy atom. The number of carbonyl (C=O) groups excluding carboxylic acids is 2. The Morgan fingerprint density at radius 3 is 2.26 bits per heavy atom. The molecule has 0 unspecified atom stereocenters. The highest BCUT2D eigenvalue weighted by atomic mass is 16.7. The summed E-state index contributed by atoms with van der Waals surface area (Å²) in [7, 11) is 0. The molecule has 11 nitrogen and oxygen atoms in total. The van der Waals surface area contributed by atoms with Gasteiger partial charge in [0.05, 0.1) is 24.1 Å². The van der Waals surface area contributed by atoms with Crippen LogP contribution in [0.4, 0.5) is 15.4 Å². The smallest absolute Gasteiger partial charge is 0.410 e. The molecule has 3 heterocycles. The third-order valence-electron chi connectivity index (χ3n) is 6.81. The Balaban J connectivity index is 1.71. The highest BCUT2D eigenvalue weighted by Gasteiger charge is 2.33. The molecule has 0 aliphatic carbocycles. The summed E-state index contributed by atoms with van der Waals surface area (Å²) in [4.78, 5) is 41.4. The van der Waals surface area contributed by atoms with Gasteiger partial charge in [-0.05, 0) is 54.0 Å². The van der Waals surface area contributed by atoms with E-state index in [9.17, 15) is 9.59 Å². The number of hydrogen-bond donors (Lipinski definition) is 1. The van der Waals surface area contributed by atoms with Gasteiger partial charge < -0.3 is 28.9 Å². The highest BCUT2D eigenvalue weighted by Crippen LogP contribution is 2.22. The van der Waals surface area contributed by atoms with Gasteiger partial charge in [-0.3, -0.25) is 10.3 Å². The molecule has 3 amide bonds. The first-order chi connectivity index (χ1) is 18.1. The summed E-state index contributed by atoms with van der Waals surface area (Å²) in [6.07, 6.45) is 3.69. The normalized spacial score (nSPS) is 17.2. The van der Waals surface area contributed by atoms with Crippen LogP contribution in [0, 0.1) is 0 Å². The molecule has 1 fully saturated rings. The van der Waals surface area contributed by atoms with Crippen molar-refractivity contribution < 1.29 is 23.8 Å². The van der Waals surface area contributed by atoms with Crippen molar-refractivity contribution in [3.63, 3.8) is 0 Å². The van der Waals surface area contributed by atoms with Crippen LogP contribution >= 0.6 is 0 Å². The fourth-order valence-corrected chi connectivity index (χ4v) is 4.83. The first kappa shape index (κ1) is 30.0. The van der Waals surface area contributed by atoms with Gasteiger partial charge in [-0.1, -0.05) is 6.92 Å². The molecular weight excluding hydrogens is 488 g/mol. The van der Waals surface area contributed by atoms with Crippen molar-refractivity contribution in [2.24, 2.45) is 0 Å². The number of amides is 3. The van der Waals surface area contributed by atoms with Crippen molar-refractivity contribution in [1.29, 1.82) is 0 Å². The molecule has 38 heavy (non-hydrogen) atoms. The van der Waals surface area contributed by atoms with Crippen molar-refractivity contribution in [1.82, 2.24) is 24.7 Å². The van der Waals surface area contributed by atoms with Crippen LogP contribution < -0.4 is 5.32 Å². The molecule has 0 radical (unpaired) electrons. The molecule has 1 saturated heterocycles. The highest BCUT2D eigenvalue weighted by molar-refractivity contribution is 5.88. The van der Waals surface area contributed by atoms with Gasteiger partial charge in [-0.25, -0.2) is 14.6 Å². The maximum absolute atomic E-state index is 13.6. The fraction of sp³-hybridized carbons (Fsp3) is 0.778. The first-order valence-electron chi connectivity index (χ1n) is 14.0. The molecular formula is C27H46N6O5. The average molecular weight is 535 g/mol. The van der Waals surface area contributed by atoms with Crippen molar-refractivity contribution in [3.8, 4) is 0 Å². The van der Waals surface area contributed by atoms with Gasteiger partial charge in [0, 0.05) is 58.3 Å². The van der Waals surface area contributed by atoms with Crippen LogP contribution in [-0.4, -0.2) is 107 Å². The van der Waals surface area contributed by atoms with Crippen LogP contribution in [0.15, 0.2) is 6.20 Å². The number of nitrogens with one attached hydrogen (secondary N) is 1. The zero-order chi connectivity index (χ0) is 27.7. The van der Waals surface area contributed by atoms with E-state index in [0.29, 0.717) is 45.0 Å². The van der Waals surface area contributed by atoms with Crippen LogP contribution in [0.1, 0.15) is 65.8 Å². The number of carbonyl (C=O) groups is 2. The van der Waals surface area contributed by atoms with Crippen LogP contribution in [0.3, 0.4) is 0 Å². The predicted octanol–water partition coefficient (Wildman–Crippen LogP) is 3.53. The maximum Gasteiger partial charge on any atom is 0.410 e. The zero-order valence-corrected chi connectivity index (χ0v) is 24.0. The monoisotopic (exact) mass is 534 g/mol. The van der Waals surface area contributed by atoms with Crippen molar-refractivity contribution in [2.45, 2.75) is 85.2 Å². The Bertz CT molecular complexity index is 910. The van der Waals surface area contributed by atoms with E-state index >= 15 is 0 Å². The van der Waals surface area contributed by atoms with Crippen LogP contribution in [0.25, 0.3) is 0 Å². The van der Waals surface area contributed by atoms with E-state index in [1.54, 1.807) is 16.0 Å². The summed E-state index contributed by atoms with van der Waals surface area (Å²) in [6.45, 7) is 16.7. The van der Waals surface area contributed by atoms with E-state index < -0.39 is 11.9 Å². The van der Waals surface area contributed by atoms with Crippen LogP contribution in [0.5, 0.6) is 0 Å². The summed E-state index contributed by atoms with van der Waals surface area (Å²) in [5, 5.41) is 2.97. The number of rotatable bonds is 9. The molecule has 1 aromatic rings. The quantitative estimate of drug-likeness (QED) is 0.479. The summed E-state index contributed by atoms with van der Waals surface area (Å²) in [5.74, 6) is 0.444. The van der Waals surface area contributed by atoms with Crippen molar-refractivity contribution in [2.75, 3.05) is 57.8 Å². The third kappa shape index (κ3) is 8.78. The SMILES string of the molecule is CCOC(CN(C(=O)Nc1cnc2c(n1)CCN(CC)CC2)C1CCN(C(=O)OC(C)(C)C)CC1)OCC. The lowest BCUT2D eigenvalue weighted by Crippen LogP contribution is -2.53. The lowest BCUT2D eigenvalue weighted by atomic mass is 10.0. The summed E-state index contributed by atoms with van der Waals surface area (Å²) < 4.78 is 17.1. The van der Waals surface area contributed by atoms with Crippen LogP contribution in [0.2, 0.25) is 0 Å². The Kier molecular flexibility index (Phi) is 11.1. The summed E-state index contributed by atoms with van der Waals surface area (Å²) in [5.41, 5.74) is 1.39. The molecule has 0 spiro atoms.